The van der Waals surface area contributed by atoms with E-state index in [4.69, 9.17) is 0 Å². The van der Waals surface area contributed by atoms with Gasteiger partial charge < -0.3 is 5.32 Å². The Balaban J connectivity index is 1.47. The summed E-state index contributed by atoms with van der Waals surface area (Å²) in [6, 6.07) is 5.37. The average Bonchev–Trinajstić information content (AvgIpc) is 3.20. The van der Waals surface area contributed by atoms with Crippen molar-refractivity contribution in [2.45, 2.75) is 6.42 Å². The summed E-state index contributed by atoms with van der Waals surface area (Å²) in [6.45, 7) is -0.230. The number of nitrogens with one attached hydrogen (secondary N) is 1. The molecule has 3 aliphatic rings. The lowest BCUT2D eigenvalue weighted by Gasteiger charge is -2.17. The molecule has 1 aliphatic heterocycles. The molecule has 24 heavy (non-hydrogen) atoms. The maximum absolute atomic E-state index is 12.6. The number of amides is 3. The van der Waals surface area contributed by atoms with Gasteiger partial charge in [-0.1, -0.05) is 28.1 Å². The van der Waals surface area contributed by atoms with E-state index in [1.54, 1.807) is 12.1 Å². The Bertz CT molecular complexity index is 762. The van der Waals surface area contributed by atoms with Crippen molar-refractivity contribution in [3.63, 3.8) is 0 Å². The van der Waals surface area contributed by atoms with Gasteiger partial charge in [0, 0.05) is 8.95 Å². The van der Waals surface area contributed by atoms with Crippen LogP contribution in [0.1, 0.15) is 6.42 Å². The van der Waals surface area contributed by atoms with Crippen LogP contribution in [0.25, 0.3) is 0 Å². The molecule has 124 valence electrons. The summed E-state index contributed by atoms with van der Waals surface area (Å²) in [5.41, 5.74) is 0.601. The van der Waals surface area contributed by atoms with Gasteiger partial charge in [0.25, 0.3) is 0 Å². The van der Waals surface area contributed by atoms with Crippen molar-refractivity contribution < 1.29 is 14.4 Å². The number of likely N-dealkylation sites (tertiary alicyclic amines) is 1. The maximum atomic E-state index is 12.6. The second kappa shape index (κ2) is 5.81. The molecule has 5 nitrogen and oxygen atoms in total. The zero-order valence-electron chi connectivity index (χ0n) is 12.5. The first-order valence-corrected chi connectivity index (χ1v) is 9.33. The van der Waals surface area contributed by atoms with E-state index in [1.807, 2.05) is 18.2 Å². The molecule has 4 unspecified atom stereocenters. The molecule has 2 fully saturated rings. The van der Waals surface area contributed by atoms with Crippen LogP contribution in [0.3, 0.4) is 0 Å². The molecule has 3 amide bonds. The van der Waals surface area contributed by atoms with Crippen LogP contribution in [0.2, 0.25) is 0 Å². The summed E-state index contributed by atoms with van der Waals surface area (Å²) in [5.74, 6) is -0.992. The molecule has 7 heteroatoms. The van der Waals surface area contributed by atoms with Gasteiger partial charge in [-0.3, -0.25) is 19.3 Å². The number of nitrogens with zero attached hydrogens (tertiary/aromatic N) is 1. The summed E-state index contributed by atoms with van der Waals surface area (Å²) in [7, 11) is 0. The van der Waals surface area contributed by atoms with Gasteiger partial charge in [-0.05, 0) is 52.4 Å². The Morgan fingerprint density at radius 1 is 1.12 bits per heavy atom. The minimum atomic E-state index is -0.375. The average molecular weight is 454 g/mol. The third-order valence-electron chi connectivity index (χ3n) is 5.07. The lowest BCUT2D eigenvalue weighted by atomic mass is 9.85. The number of rotatable bonds is 3. The van der Waals surface area contributed by atoms with Gasteiger partial charge in [-0.15, -0.1) is 0 Å². The number of anilines is 1. The summed E-state index contributed by atoms with van der Waals surface area (Å²) in [4.78, 5) is 38.5. The van der Waals surface area contributed by atoms with Crippen molar-refractivity contribution in [2.24, 2.45) is 23.7 Å². The van der Waals surface area contributed by atoms with Gasteiger partial charge in [-0.2, -0.15) is 0 Å². The Morgan fingerprint density at radius 2 is 1.75 bits per heavy atom. The van der Waals surface area contributed by atoms with Crippen LogP contribution in [0, 0.1) is 23.7 Å². The Labute approximate surface area is 155 Å². The molecule has 1 saturated heterocycles. The van der Waals surface area contributed by atoms with Crippen LogP contribution >= 0.6 is 31.9 Å². The van der Waals surface area contributed by atoms with E-state index in [1.165, 1.54) is 0 Å². The number of allylic oxidation sites excluding steroid dienone is 2. The first kappa shape index (κ1) is 16.0. The van der Waals surface area contributed by atoms with Crippen LogP contribution in [0.4, 0.5) is 5.69 Å². The van der Waals surface area contributed by atoms with Crippen molar-refractivity contribution in [3.05, 3.63) is 39.3 Å². The van der Waals surface area contributed by atoms with E-state index in [-0.39, 0.29) is 47.9 Å². The van der Waals surface area contributed by atoms with Crippen LogP contribution in [0.15, 0.2) is 39.3 Å². The van der Waals surface area contributed by atoms with E-state index in [9.17, 15) is 14.4 Å². The Hall–Kier alpha value is -1.47. The zero-order valence-corrected chi connectivity index (χ0v) is 15.7. The van der Waals surface area contributed by atoms with Crippen LogP contribution in [-0.4, -0.2) is 29.2 Å². The maximum Gasteiger partial charge on any atom is 0.244 e. The highest BCUT2D eigenvalue weighted by Crippen LogP contribution is 2.52. The second-order valence-corrected chi connectivity index (χ2v) is 8.20. The molecule has 1 heterocycles. The lowest BCUT2D eigenvalue weighted by Crippen LogP contribution is -2.39. The van der Waals surface area contributed by atoms with Gasteiger partial charge in [0.1, 0.15) is 6.54 Å². The molecule has 2 aliphatic carbocycles. The smallest absolute Gasteiger partial charge is 0.244 e. The van der Waals surface area contributed by atoms with Crippen LogP contribution in [0.5, 0.6) is 0 Å². The molecule has 4 atom stereocenters. The summed E-state index contributed by atoms with van der Waals surface area (Å²) < 4.78 is 1.61. The standard InChI is InChI=1S/C17H14Br2N2O3/c18-10-3-4-12(11(19)6-10)20-13(22)7-21-16(23)14-8-1-2-9(5-8)15(14)17(21)24/h1-4,6,8-9,14-15H,5,7H2,(H,20,22). The molecule has 1 N–H and O–H groups in total. The van der Waals surface area contributed by atoms with Gasteiger partial charge >= 0.3 is 0 Å². The molecule has 0 spiro atoms. The van der Waals surface area contributed by atoms with Crippen molar-refractivity contribution >= 4 is 55.3 Å². The van der Waals surface area contributed by atoms with Crippen molar-refractivity contribution in [1.82, 2.24) is 4.90 Å². The molecule has 4 rings (SSSR count). The fourth-order valence-electron chi connectivity index (χ4n) is 4.04. The molecule has 0 radical (unpaired) electrons. The van der Waals surface area contributed by atoms with E-state index >= 15 is 0 Å². The topological polar surface area (TPSA) is 66.5 Å². The number of carbonyl (C=O) groups excluding carboxylic acids is 3. The van der Waals surface area contributed by atoms with Gasteiger partial charge in [0.05, 0.1) is 17.5 Å². The predicted molar refractivity (Wildman–Crippen MR) is 94.9 cm³/mol. The first-order valence-electron chi connectivity index (χ1n) is 7.74. The number of fused-ring (bicyclic) bond motifs is 5. The van der Waals surface area contributed by atoms with E-state index in [2.05, 4.69) is 37.2 Å². The molecule has 1 saturated carbocycles. The number of hydrogen-bond acceptors (Lipinski definition) is 3. The highest BCUT2D eigenvalue weighted by atomic mass is 79.9. The lowest BCUT2D eigenvalue weighted by molar-refractivity contribution is -0.143. The Morgan fingerprint density at radius 3 is 2.33 bits per heavy atom. The summed E-state index contributed by atoms with van der Waals surface area (Å²) >= 11 is 6.72. The third-order valence-corrected chi connectivity index (χ3v) is 6.22. The van der Waals surface area contributed by atoms with E-state index in [0.717, 1.165) is 20.3 Å². The number of halogens is 2. The van der Waals surface area contributed by atoms with E-state index < -0.39 is 0 Å². The molecule has 1 aromatic rings. The van der Waals surface area contributed by atoms with E-state index in [0.29, 0.717) is 5.69 Å². The quantitative estimate of drug-likeness (QED) is 0.565. The highest BCUT2D eigenvalue weighted by molar-refractivity contribution is 9.11. The molecular weight excluding hydrogens is 440 g/mol. The third kappa shape index (κ3) is 2.45. The number of imide groups is 1. The highest BCUT2D eigenvalue weighted by Gasteiger charge is 2.59. The number of benzene rings is 1. The van der Waals surface area contributed by atoms with Crippen molar-refractivity contribution in [1.29, 1.82) is 0 Å². The van der Waals surface area contributed by atoms with Gasteiger partial charge in [0.2, 0.25) is 17.7 Å². The first-order chi connectivity index (χ1) is 11.5. The molecule has 0 aromatic heterocycles. The van der Waals surface area contributed by atoms with Crippen LogP contribution < -0.4 is 5.32 Å². The number of carbonyl (C=O) groups is 3. The minimum Gasteiger partial charge on any atom is -0.323 e. The summed E-state index contributed by atoms with van der Waals surface area (Å²) in [5, 5.41) is 2.74. The Kier molecular flexibility index (Phi) is 3.88. The summed E-state index contributed by atoms with van der Waals surface area (Å²) in [6.07, 6.45) is 4.97. The zero-order chi connectivity index (χ0) is 17.0. The minimum absolute atomic E-state index is 0.158. The molecule has 1 aromatic carbocycles. The largest absolute Gasteiger partial charge is 0.323 e. The molecular formula is C17H14Br2N2O3. The SMILES string of the molecule is O=C(CN1C(=O)C2C3C=CC(C3)C2C1=O)Nc1ccc(Br)cc1Br. The van der Waals surface area contributed by atoms with Gasteiger partial charge in [0.15, 0.2) is 0 Å². The fourth-order valence-corrected chi connectivity index (χ4v) is 5.19. The normalized spacial score (nSPS) is 30.2. The molecule has 2 bridgehead atoms. The number of hydrogen-bond donors (Lipinski definition) is 1. The van der Waals surface area contributed by atoms with Crippen LogP contribution in [-0.2, 0) is 14.4 Å². The van der Waals surface area contributed by atoms with Gasteiger partial charge in [-0.25, -0.2) is 0 Å². The fraction of sp³-hybridized carbons (Fsp3) is 0.353. The van der Waals surface area contributed by atoms with Crippen molar-refractivity contribution in [3.8, 4) is 0 Å². The predicted octanol–water partition coefficient (Wildman–Crippen LogP) is 2.96. The monoisotopic (exact) mass is 452 g/mol. The second-order valence-electron chi connectivity index (χ2n) is 6.43. The van der Waals surface area contributed by atoms with Crippen molar-refractivity contribution in [2.75, 3.05) is 11.9 Å².